The minimum Gasteiger partial charge on any atom is -0.361 e. The van der Waals surface area contributed by atoms with Gasteiger partial charge in [0, 0.05) is 17.3 Å². The highest BCUT2D eigenvalue weighted by molar-refractivity contribution is 5.98. The Hall–Kier alpha value is -2.55. The first-order valence-electron chi connectivity index (χ1n) is 9.24. The average Bonchev–Trinajstić information content (AvgIpc) is 3.13. The first-order chi connectivity index (χ1) is 12.2. The van der Waals surface area contributed by atoms with Crippen molar-refractivity contribution in [2.75, 3.05) is 0 Å². The van der Waals surface area contributed by atoms with Crippen LogP contribution in [0.25, 0.3) is 10.9 Å². The number of aromatic amines is 1. The van der Waals surface area contributed by atoms with Crippen molar-refractivity contribution in [2.24, 2.45) is 0 Å². The van der Waals surface area contributed by atoms with Crippen molar-refractivity contribution in [2.45, 2.75) is 45.1 Å². The maximum absolute atomic E-state index is 12.7. The fourth-order valence-corrected chi connectivity index (χ4v) is 3.82. The lowest BCUT2D eigenvalue weighted by atomic mass is 9.88. The number of nitrogens with one attached hydrogen (secondary N) is 2. The number of fused-ring (bicyclic) bond motifs is 2. The second-order valence-electron chi connectivity index (χ2n) is 6.95. The number of hydrogen-bond acceptors (Lipinski definition) is 1. The van der Waals surface area contributed by atoms with Crippen molar-refractivity contribution in [3.8, 4) is 0 Å². The highest BCUT2D eigenvalue weighted by Gasteiger charge is 2.17. The van der Waals surface area contributed by atoms with Gasteiger partial charge < -0.3 is 10.3 Å². The molecule has 1 unspecified atom stereocenters. The second-order valence-corrected chi connectivity index (χ2v) is 6.95. The second kappa shape index (κ2) is 6.75. The van der Waals surface area contributed by atoms with E-state index in [9.17, 15) is 4.79 Å². The lowest BCUT2D eigenvalue weighted by molar-refractivity contribution is 0.0935. The first-order valence-corrected chi connectivity index (χ1v) is 9.24. The lowest BCUT2D eigenvalue weighted by Gasteiger charge is -2.22. The lowest BCUT2D eigenvalue weighted by Crippen LogP contribution is -2.28. The minimum absolute atomic E-state index is 0.0129. The molecule has 2 N–H and O–H groups in total. The maximum Gasteiger partial charge on any atom is 0.251 e. The van der Waals surface area contributed by atoms with Crippen LogP contribution in [0.4, 0.5) is 0 Å². The molecule has 1 aliphatic rings. The van der Waals surface area contributed by atoms with E-state index in [1.165, 1.54) is 36.0 Å². The van der Waals surface area contributed by atoms with Crippen LogP contribution in [-0.2, 0) is 12.8 Å². The number of aromatic nitrogens is 1. The molecule has 0 saturated carbocycles. The molecule has 0 fully saturated rings. The first kappa shape index (κ1) is 15.9. The zero-order chi connectivity index (χ0) is 17.2. The van der Waals surface area contributed by atoms with Crippen LogP contribution >= 0.6 is 0 Å². The van der Waals surface area contributed by atoms with Crippen LogP contribution in [0.2, 0.25) is 0 Å². The Balaban J connectivity index is 1.55. The topological polar surface area (TPSA) is 44.9 Å². The van der Waals surface area contributed by atoms with Crippen molar-refractivity contribution in [3.63, 3.8) is 0 Å². The molecule has 0 saturated heterocycles. The third-order valence-corrected chi connectivity index (χ3v) is 5.31. The summed E-state index contributed by atoms with van der Waals surface area (Å²) in [4.78, 5) is 15.9. The molecule has 1 atom stereocenters. The van der Waals surface area contributed by atoms with Crippen LogP contribution in [0.3, 0.4) is 0 Å². The largest absolute Gasteiger partial charge is 0.361 e. The standard InChI is InChI=1S/C22H24N2O/c1-2-20(18-9-7-15-5-3-4-6-17(15)13-18)24-22(25)19-10-8-16-11-12-23-21(16)14-19/h7-14,20,23H,2-6H2,1H3,(H,24,25). The molecule has 0 bridgehead atoms. The normalized spacial score (nSPS) is 14.9. The molecule has 3 heteroatoms. The molecule has 0 spiro atoms. The van der Waals surface area contributed by atoms with Crippen molar-refractivity contribution >= 4 is 16.8 Å². The number of amides is 1. The summed E-state index contributed by atoms with van der Waals surface area (Å²) in [6, 6.07) is 14.6. The van der Waals surface area contributed by atoms with Gasteiger partial charge in [-0.1, -0.05) is 31.2 Å². The van der Waals surface area contributed by atoms with E-state index in [0.29, 0.717) is 5.56 Å². The smallest absolute Gasteiger partial charge is 0.251 e. The summed E-state index contributed by atoms with van der Waals surface area (Å²) in [5.74, 6) is -0.0129. The average molecular weight is 332 g/mol. The van der Waals surface area contributed by atoms with Crippen molar-refractivity contribution < 1.29 is 4.79 Å². The molecule has 0 aliphatic heterocycles. The quantitative estimate of drug-likeness (QED) is 0.699. The molecular weight excluding hydrogens is 308 g/mol. The van der Waals surface area contributed by atoms with E-state index >= 15 is 0 Å². The summed E-state index contributed by atoms with van der Waals surface area (Å²) in [6.45, 7) is 2.12. The monoisotopic (exact) mass is 332 g/mol. The zero-order valence-corrected chi connectivity index (χ0v) is 14.6. The number of carbonyl (C=O) groups is 1. The summed E-state index contributed by atoms with van der Waals surface area (Å²) < 4.78 is 0. The van der Waals surface area contributed by atoms with Gasteiger partial charge in [-0.2, -0.15) is 0 Å². The van der Waals surface area contributed by atoms with E-state index in [0.717, 1.165) is 23.7 Å². The number of carbonyl (C=O) groups excluding carboxylic acids is 1. The van der Waals surface area contributed by atoms with Gasteiger partial charge in [0.1, 0.15) is 0 Å². The highest BCUT2D eigenvalue weighted by Crippen LogP contribution is 2.26. The molecule has 3 nitrogen and oxygen atoms in total. The fraction of sp³-hybridized carbons (Fsp3) is 0.318. The number of H-pyrrole nitrogens is 1. The Morgan fingerprint density at radius 3 is 2.76 bits per heavy atom. The Kier molecular flexibility index (Phi) is 4.31. The number of aryl methyl sites for hydroxylation is 2. The summed E-state index contributed by atoms with van der Waals surface area (Å²) in [5.41, 5.74) is 5.86. The molecule has 1 aliphatic carbocycles. The Morgan fingerprint density at radius 1 is 1.08 bits per heavy atom. The third-order valence-electron chi connectivity index (χ3n) is 5.31. The van der Waals surface area contributed by atoms with Gasteiger partial charge in [0.2, 0.25) is 0 Å². The summed E-state index contributed by atoms with van der Waals surface area (Å²) in [5, 5.41) is 4.33. The van der Waals surface area contributed by atoms with Gasteiger partial charge in [-0.15, -0.1) is 0 Å². The molecule has 25 heavy (non-hydrogen) atoms. The minimum atomic E-state index is -0.0129. The van der Waals surface area contributed by atoms with E-state index in [1.807, 2.05) is 30.5 Å². The molecule has 1 aromatic heterocycles. The van der Waals surface area contributed by atoms with Gasteiger partial charge in [0.15, 0.2) is 0 Å². The molecule has 2 aromatic carbocycles. The zero-order valence-electron chi connectivity index (χ0n) is 14.6. The molecule has 4 rings (SSSR count). The number of rotatable bonds is 4. The van der Waals surface area contributed by atoms with Gasteiger partial charge in [0.25, 0.3) is 5.91 Å². The van der Waals surface area contributed by atoms with Gasteiger partial charge in [0.05, 0.1) is 6.04 Å². The third kappa shape index (κ3) is 3.19. The van der Waals surface area contributed by atoms with Gasteiger partial charge in [-0.3, -0.25) is 4.79 Å². The van der Waals surface area contributed by atoms with E-state index < -0.39 is 0 Å². The summed E-state index contributed by atoms with van der Waals surface area (Å²) >= 11 is 0. The molecule has 1 amide bonds. The van der Waals surface area contributed by atoms with Crippen LogP contribution in [0.1, 0.15) is 59.3 Å². The van der Waals surface area contributed by atoms with Crippen LogP contribution in [-0.4, -0.2) is 10.9 Å². The van der Waals surface area contributed by atoms with Crippen molar-refractivity contribution in [1.82, 2.24) is 10.3 Å². The maximum atomic E-state index is 12.7. The fourth-order valence-electron chi connectivity index (χ4n) is 3.82. The van der Waals surface area contributed by atoms with E-state index in [-0.39, 0.29) is 11.9 Å². The molecule has 128 valence electrons. The van der Waals surface area contributed by atoms with Crippen LogP contribution in [0, 0.1) is 0 Å². The Morgan fingerprint density at radius 2 is 1.92 bits per heavy atom. The SMILES string of the molecule is CCC(NC(=O)c1ccc2cc[nH]c2c1)c1ccc2c(c1)CCCC2. The van der Waals surface area contributed by atoms with Gasteiger partial charge >= 0.3 is 0 Å². The number of benzene rings is 2. The molecule has 3 aromatic rings. The van der Waals surface area contributed by atoms with Gasteiger partial charge in [-0.25, -0.2) is 0 Å². The molecule has 1 heterocycles. The Bertz CT molecular complexity index is 909. The van der Waals surface area contributed by atoms with Crippen LogP contribution in [0.5, 0.6) is 0 Å². The highest BCUT2D eigenvalue weighted by atomic mass is 16.1. The predicted molar refractivity (Wildman–Crippen MR) is 102 cm³/mol. The van der Waals surface area contributed by atoms with Crippen molar-refractivity contribution in [3.05, 3.63) is 70.9 Å². The molecule has 0 radical (unpaired) electrons. The van der Waals surface area contributed by atoms with Gasteiger partial charge in [-0.05, 0) is 72.4 Å². The predicted octanol–water partition coefficient (Wildman–Crippen LogP) is 4.93. The van der Waals surface area contributed by atoms with E-state index in [2.05, 4.69) is 35.4 Å². The van der Waals surface area contributed by atoms with E-state index in [4.69, 9.17) is 0 Å². The Labute approximate surface area is 148 Å². The van der Waals surface area contributed by atoms with Crippen LogP contribution < -0.4 is 5.32 Å². The van der Waals surface area contributed by atoms with Crippen molar-refractivity contribution in [1.29, 1.82) is 0 Å². The molecular formula is C22H24N2O. The number of hydrogen-bond donors (Lipinski definition) is 2. The summed E-state index contributed by atoms with van der Waals surface area (Å²) in [7, 11) is 0. The van der Waals surface area contributed by atoms with Crippen LogP contribution in [0.15, 0.2) is 48.7 Å². The summed E-state index contributed by atoms with van der Waals surface area (Å²) in [6.07, 6.45) is 7.70. The van der Waals surface area contributed by atoms with E-state index in [1.54, 1.807) is 0 Å².